The van der Waals surface area contributed by atoms with Crippen molar-refractivity contribution in [3.05, 3.63) is 36.0 Å². The topological polar surface area (TPSA) is 30.9 Å². The Morgan fingerprint density at radius 3 is 2.80 bits per heavy atom. The average Bonchev–Trinajstić information content (AvgIpc) is 2.71. The molecule has 2 aromatic rings. The number of para-hydroxylation sites is 1. The van der Waals surface area contributed by atoms with Gasteiger partial charge >= 0.3 is 0 Å². The minimum atomic E-state index is 0.537. The van der Waals surface area contributed by atoms with Crippen molar-refractivity contribution in [3.63, 3.8) is 0 Å². The van der Waals surface area contributed by atoms with E-state index in [0.717, 1.165) is 6.42 Å². The maximum atomic E-state index is 5.77. The molecule has 2 heteroatoms. The zero-order valence-corrected chi connectivity index (χ0v) is 9.40. The van der Waals surface area contributed by atoms with E-state index in [9.17, 15) is 0 Å². The van der Waals surface area contributed by atoms with Crippen molar-refractivity contribution in [1.29, 1.82) is 0 Å². The van der Waals surface area contributed by atoms with Gasteiger partial charge in [0.05, 0.1) is 5.52 Å². The molecule has 0 fully saturated rings. The molecule has 2 rings (SSSR count). The molecule has 15 heavy (non-hydrogen) atoms. The summed E-state index contributed by atoms with van der Waals surface area (Å²) < 4.78 is 2.33. The number of aromatic nitrogens is 1. The van der Waals surface area contributed by atoms with Gasteiger partial charge in [-0.05, 0) is 30.4 Å². The van der Waals surface area contributed by atoms with Gasteiger partial charge in [-0.2, -0.15) is 0 Å². The number of fused-ring (bicyclic) bond motifs is 1. The fraction of sp³-hybridized carbons (Fsp3) is 0.385. The molecular weight excluding hydrogens is 184 g/mol. The summed E-state index contributed by atoms with van der Waals surface area (Å²) in [6, 6.07) is 9.04. The van der Waals surface area contributed by atoms with Crippen molar-refractivity contribution in [2.75, 3.05) is 0 Å². The zero-order valence-electron chi connectivity index (χ0n) is 9.40. The summed E-state index contributed by atoms with van der Waals surface area (Å²) in [5.74, 6) is 0. The highest BCUT2D eigenvalue weighted by atomic mass is 15.0. The Balaban J connectivity index is 2.65. The smallest absolute Gasteiger partial charge is 0.0528 e. The summed E-state index contributed by atoms with van der Waals surface area (Å²) >= 11 is 0. The molecule has 1 aromatic heterocycles. The van der Waals surface area contributed by atoms with Crippen LogP contribution in [0.25, 0.3) is 10.9 Å². The lowest BCUT2D eigenvalue weighted by molar-refractivity contribution is 0.547. The van der Waals surface area contributed by atoms with E-state index in [1.165, 1.54) is 16.5 Å². The predicted octanol–water partition coefficient (Wildman–Crippen LogP) is 3.07. The van der Waals surface area contributed by atoms with Crippen LogP contribution in [0.4, 0.5) is 0 Å². The van der Waals surface area contributed by atoms with Gasteiger partial charge in [0.15, 0.2) is 0 Å². The van der Waals surface area contributed by atoms with E-state index >= 15 is 0 Å². The van der Waals surface area contributed by atoms with Crippen LogP contribution in [-0.2, 0) is 6.54 Å². The normalized spacial score (nSPS) is 13.3. The molecular formula is C13H18N2. The molecule has 0 aliphatic carbocycles. The fourth-order valence-electron chi connectivity index (χ4n) is 2.02. The maximum absolute atomic E-state index is 5.77. The molecule has 2 N–H and O–H groups in total. The summed E-state index contributed by atoms with van der Waals surface area (Å²) in [7, 11) is 0. The van der Waals surface area contributed by atoms with Crippen molar-refractivity contribution in [2.24, 2.45) is 5.73 Å². The Kier molecular flexibility index (Phi) is 2.78. The molecule has 1 atom stereocenters. The fourth-order valence-corrected chi connectivity index (χ4v) is 2.02. The van der Waals surface area contributed by atoms with E-state index in [2.05, 4.69) is 48.9 Å². The monoisotopic (exact) mass is 202 g/mol. The van der Waals surface area contributed by atoms with E-state index in [-0.39, 0.29) is 0 Å². The molecule has 80 valence electrons. The first-order chi connectivity index (χ1) is 7.27. The van der Waals surface area contributed by atoms with Crippen molar-refractivity contribution in [3.8, 4) is 0 Å². The van der Waals surface area contributed by atoms with Gasteiger partial charge in [-0.3, -0.25) is 0 Å². The third-order valence-electron chi connectivity index (χ3n) is 3.11. The minimum Gasteiger partial charge on any atom is -0.344 e. The van der Waals surface area contributed by atoms with E-state index in [1.54, 1.807) is 0 Å². The largest absolute Gasteiger partial charge is 0.344 e. The third-order valence-corrected chi connectivity index (χ3v) is 3.11. The molecule has 0 bridgehead atoms. The number of rotatable bonds is 3. The van der Waals surface area contributed by atoms with E-state index in [0.29, 0.717) is 12.6 Å². The Morgan fingerprint density at radius 2 is 2.13 bits per heavy atom. The lowest BCUT2D eigenvalue weighted by Gasteiger charge is -2.14. The van der Waals surface area contributed by atoms with Gasteiger partial charge in [-0.25, -0.2) is 0 Å². The predicted molar refractivity (Wildman–Crippen MR) is 64.8 cm³/mol. The van der Waals surface area contributed by atoms with Crippen molar-refractivity contribution in [2.45, 2.75) is 32.9 Å². The number of hydrogen-bond acceptors (Lipinski definition) is 1. The first kappa shape index (κ1) is 10.2. The summed E-state index contributed by atoms with van der Waals surface area (Å²) in [6.07, 6.45) is 3.31. The molecule has 0 aliphatic heterocycles. The molecule has 1 aromatic carbocycles. The number of nitrogens with two attached hydrogens (primary N) is 1. The van der Waals surface area contributed by atoms with Crippen LogP contribution in [0.15, 0.2) is 30.5 Å². The van der Waals surface area contributed by atoms with Gasteiger partial charge < -0.3 is 10.3 Å². The van der Waals surface area contributed by atoms with Crippen LogP contribution in [0, 0.1) is 0 Å². The summed E-state index contributed by atoms with van der Waals surface area (Å²) in [6.45, 7) is 5.06. The highest BCUT2D eigenvalue weighted by Gasteiger charge is 2.08. The molecule has 0 saturated carbocycles. The second-order valence-corrected chi connectivity index (χ2v) is 4.04. The first-order valence-electron chi connectivity index (χ1n) is 5.56. The zero-order chi connectivity index (χ0) is 10.8. The van der Waals surface area contributed by atoms with Gasteiger partial charge in [0, 0.05) is 18.8 Å². The van der Waals surface area contributed by atoms with Gasteiger partial charge in [-0.1, -0.05) is 25.1 Å². The first-order valence-corrected chi connectivity index (χ1v) is 5.56. The molecule has 1 unspecified atom stereocenters. The lowest BCUT2D eigenvalue weighted by atomic mass is 10.1. The molecule has 1 heterocycles. The van der Waals surface area contributed by atoms with Crippen LogP contribution < -0.4 is 5.73 Å². The quantitative estimate of drug-likeness (QED) is 0.814. The van der Waals surface area contributed by atoms with Crippen LogP contribution in [0.3, 0.4) is 0 Å². The van der Waals surface area contributed by atoms with Gasteiger partial charge in [0.1, 0.15) is 0 Å². The molecule has 0 saturated heterocycles. The number of benzene rings is 1. The second-order valence-electron chi connectivity index (χ2n) is 4.04. The molecule has 0 amide bonds. The molecule has 2 nitrogen and oxygen atoms in total. The molecule has 0 spiro atoms. The summed E-state index contributed by atoms with van der Waals surface area (Å²) in [4.78, 5) is 0. The van der Waals surface area contributed by atoms with Crippen molar-refractivity contribution >= 4 is 10.9 Å². The van der Waals surface area contributed by atoms with Crippen LogP contribution in [0.1, 0.15) is 31.9 Å². The van der Waals surface area contributed by atoms with E-state index in [4.69, 9.17) is 5.73 Å². The van der Waals surface area contributed by atoms with Gasteiger partial charge in [-0.15, -0.1) is 0 Å². The van der Waals surface area contributed by atoms with Crippen LogP contribution >= 0.6 is 0 Å². The minimum absolute atomic E-state index is 0.537. The third kappa shape index (κ3) is 1.65. The summed E-state index contributed by atoms with van der Waals surface area (Å²) in [5, 5.41) is 1.29. The van der Waals surface area contributed by atoms with Crippen LogP contribution in [0.5, 0.6) is 0 Å². The average molecular weight is 202 g/mol. The molecule has 0 aliphatic rings. The van der Waals surface area contributed by atoms with E-state index in [1.807, 2.05) is 0 Å². The Bertz CT molecular complexity index is 457. The van der Waals surface area contributed by atoms with E-state index < -0.39 is 0 Å². The Labute approximate surface area is 90.7 Å². The van der Waals surface area contributed by atoms with Crippen LogP contribution in [0.2, 0.25) is 0 Å². The van der Waals surface area contributed by atoms with Crippen molar-refractivity contribution < 1.29 is 0 Å². The van der Waals surface area contributed by atoms with Crippen molar-refractivity contribution in [1.82, 2.24) is 4.57 Å². The summed E-state index contributed by atoms with van der Waals surface area (Å²) in [5.41, 5.74) is 8.31. The Hall–Kier alpha value is -1.28. The highest BCUT2D eigenvalue weighted by molar-refractivity contribution is 5.83. The van der Waals surface area contributed by atoms with Crippen LogP contribution in [-0.4, -0.2) is 4.57 Å². The molecule has 0 radical (unpaired) electrons. The Morgan fingerprint density at radius 1 is 1.33 bits per heavy atom. The SMILES string of the molecule is CCC(C)n1ccc2cccc(CN)c21. The standard InChI is InChI=1S/C13H18N2/c1-3-10(2)15-8-7-11-5-4-6-12(9-14)13(11)15/h4-8,10H,3,9,14H2,1-2H3. The lowest BCUT2D eigenvalue weighted by Crippen LogP contribution is -2.05. The van der Waals surface area contributed by atoms with Gasteiger partial charge in [0.2, 0.25) is 0 Å². The van der Waals surface area contributed by atoms with Gasteiger partial charge in [0.25, 0.3) is 0 Å². The second kappa shape index (κ2) is 4.07. The maximum Gasteiger partial charge on any atom is 0.0528 e. The highest BCUT2D eigenvalue weighted by Crippen LogP contribution is 2.24. The number of nitrogens with zero attached hydrogens (tertiary/aromatic N) is 1. The number of hydrogen-bond donors (Lipinski definition) is 1.